The first kappa shape index (κ1) is 19.3. The number of carbonyl (C=O) groups is 1. The van der Waals surface area contributed by atoms with Crippen LogP contribution in [0.5, 0.6) is 0 Å². The van der Waals surface area contributed by atoms with Crippen molar-refractivity contribution < 1.29 is 22.7 Å². The van der Waals surface area contributed by atoms with Gasteiger partial charge in [-0.25, -0.2) is 18.0 Å². The lowest BCUT2D eigenvalue weighted by atomic mass is 10.2. The smallest absolute Gasteiger partial charge is 0.410 e. The number of hydrogen-bond donors (Lipinski definition) is 1. The molecular weight excluding hydrogens is 309 g/mol. The first-order valence-electron chi connectivity index (χ1n) is 7.38. The average Bonchev–Trinajstić information content (AvgIpc) is 2.41. The number of rotatable bonds is 6. The fourth-order valence-corrected chi connectivity index (χ4v) is 1.79. The number of carbonyl (C=O) groups excluding carboxylic acids is 1. The molecule has 1 aromatic rings. The fourth-order valence-electron chi connectivity index (χ4n) is 1.79. The van der Waals surface area contributed by atoms with Crippen molar-refractivity contribution in [2.45, 2.75) is 39.3 Å². The van der Waals surface area contributed by atoms with Gasteiger partial charge in [0, 0.05) is 31.8 Å². The van der Waals surface area contributed by atoms with Gasteiger partial charge in [-0.3, -0.25) is 0 Å². The second-order valence-electron chi connectivity index (χ2n) is 6.29. The maximum Gasteiger partial charge on any atom is 0.410 e. The Bertz CT molecular complexity index is 545. The molecule has 0 atom stereocenters. The molecule has 0 aliphatic heterocycles. The van der Waals surface area contributed by atoms with Gasteiger partial charge in [-0.05, 0) is 39.8 Å². The van der Waals surface area contributed by atoms with E-state index in [-0.39, 0.29) is 12.1 Å². The Balaban J connectivity index is 2.30. The molecule has 0 spiro atoms. The van der Waals surface area contributed by atoms with Crippen LogP contribution in [-0.4, -0.2) is 36.7 Å². The van der Waals surface area contributed by atoms with E-state index in [1.54, 1.807) is 27.8 Å². The van der Waals surface area contributed by atoms with Crippen LogP contribution in [0.1, 0.15) is 32.8 Å². The summed E-state index contributed by atoms with van der Waals surface area (Å²) in [4.78, 5) is 13.2. The van der Waals surface area contributed by atoms with Crippen LogP contribution in [0.15, 0.2) is 12.1 Å². The number of halogens is 3. The van der Waals surface area contributed by atoms with Crippen LogP contribution >= 0.6 is 0 Å². The standard InChI is InChI=1S/C16H23F3N2O2/c1-16(2,3)23-15(22)21(4)7-5-6-20-10-11-8-13(18)14(19)9-12(11)17/h8-9,20H,5-7,10H2,1-4H3. The van der Waals surface area contributed by atoms with Crippen molar-refractivity contribution >= 4 is 6.09 Å². The van der Waals surface area contributed by atoms with Crippen molar-refractivity contribution in [3.05, 3.63) is 35.1 Å². The normalized spacial score (nSPS) is 11.4. The van der Waals surface area contributed by atoms with Gasteiger partial charge in [-0.1, -0.05) is 0 Å². The van der Waals surface area contributed by atoms with Gasteiger partial charge >= 0.3 is 6.09 Å². The molecule has 1 rings (SSSR count). The second-order valence-corrected chi connectivity index (χ2v) is 6.29. The Labute approximate surface area is 134 Å². The third kappa shape index (κ3) is 6.90. The zero-order valence-electron chi connectivity index (χ0n) is 13.9. The Morgan fingerprint density at radius 1 is 1.17 bits per heavy atom. The van der Waals surface area contributed by atoms with Crippen LogP contribution in [0.2, 0.25) is 0 Å². The number of amides is 1. The van der Waals surface area contributed by atoms with E-state index in [1.165, 1.54) is 4.90 Å². The topological polar surface area (TPSA) is 41.6 Å². The van der Waals surface area contributed by atoms with Crippen molar-refractivity contribution in [1.82, 2.24) is 10.2 Å². The van der Waals surface area contributed by atoms with Crippen LogP contribution in [0.3, 0.4) is 0 Å². The van der Waals surface area contributed by atoms with Gasteiger partial charge in [-0.2, -0.15) is 0 Å². The Morgan fingerprint density at radius 3 is 2.39 bits per heavy atom. The van der Waals surface area contributed by atoms with Gasteiger partial charge in [0.2, 0.25) is 0 Å². The minimum Gasteiger partial charge on any atom is -0.444 e. The number of hydrogen-bond acceptors (Lipinski definition) is 3. The van der Waals surface area contributed by atoms with Gasteiger partial charge < -0.3 is 15.0 Å². The van der Waals surface area contributed by atoms with Gasteiger partial charge in [0.1, 0.15) is 11.4 Å². The van der Waals surface area contributed by atoms with Crippen molar-refractivity contribution in [3.8, 4) is 0 Å². The van der Waals surface area contributed by atoms with Crippen LogP contribution in [0, 0.1) is 17.5 Å². The van der Waals surface area contributed by atoms with Gasteiger partial charge in [-0.15, -0.1) is 0 Å². The first-order chi connectivity index (χ1) is 10.6. The number of nitrogens with one attached hydrogen (secondary N) is 1. The third-order valence-corrected chi connectivity index (χ3v) is 2.96. The molecule has 4 nitrogen and oxygen atoms in total. The highest BCUT2D eigenvalue weighted by Gasteiger charge is 2.19. The molecule has 1 amide bonds. The van der Waals surface area contributed by atoms with Crippen LogP contribution in [0.25, 0.3) is 0 Å². The summed E-state index contributed by atoms with van der Waals surface area (Å²) in [6.45, 7) is 6.40. The lowest BCUT2D eigenvalue weighted by molar-refractivity contribution is 0.0297. The summed E-state index contributed by atoms with van der Waals surface area (Å²) in [6.07, 6.45) is 0.199. The summed E-state index contributed by atoms with van der Waals surface area (Å²) in [5.41, 5.74) is -0.488. The molecule has 1 aromatic carbocycles. The molecule has 0 bridgehead atoms. The zero-order chi connectivity index (χ0) is 17.6. The van der Waals surface area contributed by atoms with Crippen LogP contribution in [0.4, 0.5) is 18.0 Å². The molecule has 0 saturated heterocycles. The molecule has 7 heteroatoms. The lowest BCUT2D eigenvalue weighted by Gasteiger charge is -2.24. The monoisotopic (exact) mass is 332 g/mol. The SMILES string of the molecule is CN(CCCNCc1cc(F)c(F)cc1F)C(=O)OC(C)(C)C. The summed E-state index contributed by atoms with van der Waals surface area (Å²) in [5.74, 6) is -3.07. The van der Waals surface area contributed by atoms with E-state index in [0.29, 0.717) is 25.6 Å². The first-order valence-corrected chi connectivity index (χ1v) is 7.38. The molecule has 0 saturated carbocycles. The highest BCUT2D eigenvalue weighted by molar-refractivity contribution is 5.67. The third-order valence-electron chi connectivity index (χ3n) is 2.96. The Morgan fingerprint density at radius 2 is 1.78 bits per heavy atom. The molecule has 0 aromatic heterocycles. The van der Waals surface area contributed by atoms with Crippen molar-refractivity contribution in [2.24, 2.45) is 0 Å². The van der Waals surface area contributed by atoms with E-state index in [4.69, 9.17) is 4.74 Å². The number of ether oxygens (including phenoxy) is 1. The largest absolute Gasteiger partial charge is 0.444 e. The molecule has 130 valence electrons. The highest BCUT2D eigenvalue weighted by atomic mass is 19.2. The molecular formula is C16H23F3N2O2. The van der Waals surface area contributed by atoms with Crippen LogP contribution < -0.4 is 5.32 Å². The summed E-state index contributed by atoms with van der Waals surface area (Å²) in [7, 11) is 1.63. The molecule has 23 heavy (non-hydrogen) atoms. The highest BCUT2D eigenvalue weighted by Crippen LogP contribution is 2.13. The summed E-state index contributed by atoms with van der Waals surface area (Å²) in [5, 5.41) is 2.92. The molecule has 1 N–H and O–H groups in total. The summed E-state index contributed by atoms with van der Waals surface area (Å²) < 4.78 is 44.5. The predicted molar refractivity (Wildman–Crippen MR) is 81.5 cm³/mol. The molecule has 0 aliphatic rings. The Hall–Kier alpha value is -1.76. The van der Waals surface area contributed by atoms with Crippen LogP contribution in [-0.2, 0) is 11.3 Å². The average molecular weight is 332 g/mol. The van der Waals surface area contributed by atoms with E-state index in [0.717, 1.165) is 6.07 Å². The maximum atomic E-state index is 13.4. The maximum absolute atomic E-state index is 13.4. The number of nitrogens with zero attached hydrogens (tertiary/aromatic N) is 1. The molecule has 0 radical (unpaired) electrons. The van der Waals surface area contributed by atoms with E-state index in [1.807, 2.05) is 0 Å². The molecule has 0 heterocycles. The van der Waals surface area contributed by atoms with Gasteiger partial charge in [0.15, 0.2) is 11.6 Å². The van der Waals surface area contributed by atoms with E-state index < -0.39 is 29.1 Å². The minimum absolute atomic E-state index is 0.0596. The summed E-state index contributed by atoms with van der Waals surface area (Å²) >= 11 is 0. The van der Waals surface area contributed by atoms with Gasteiger partial charge in [0.05, 0.1) is 0 Å². The van der Waals surface area contributed by atoms with Crippen molar-refractivity contribution in [3.63, 3.8) is 0 Å². The van der Waals surface area contributed by atoms with Crippen molar-refractivity contribution in [1.29, 1.82) is 0 Å². The van der Waals surface area contributed by atoms with E-state index in [2.05, 4.69) is 5.32 Å². The second kappa shape index (κ2) is 8.19. The predicted octanol–water partition coefficient (Wildman–Crippen LogP) is 3.45. The number of benzene rings is 1. The van der Waals surface area contributed by atoms with Gasteiger partial charge in [0.25, 0.3) is 0 Å². The fraction of sp³-hybridized carbons (Fsp3) is 0.562. The zero-order valence-corrected chi connectivity index (χ0v) is 13.9. The minimum atomic E-state index is -1.20. The van der Waals surface area contributed by atoms with E-state index >= 15 is 0 Å². The molecule has 0 unspecified atom stereocenters. The Kier molecular flexibility index (Phi) is 6.87. The van der Waals surface area contributed by atoms with Crippen molar-refractivity contribution in [2.75, 3.05) is 20.1 Å². The molecule has 0 fully saturated rings. The quantitative estimate of drug-likeness (QED) is 0.641. The summed E-state index contributed by atoms with van der Waals surface area (Å²) in [6, 6.07) is 1.37. The lowest BCUT2D eigenvalue weighted by Crippen LogP contribution is -2.35. The molecule has 0 aliphatic carbocycles. The van der Waals surface area contributed by atoms with E-state index in [9.17, 15) is 18.0 Å².